The maximum Gasteiger partial charge on any atom is 0.135 e. The van der Waals surface area contributed by atoms with Gasteiger partial charge in [0.1, 0.15) is 34.5 Å². The predicted molar refractivity (Wildman–Crippen MR) is 333 cm³/mol. The molecule has 9 aromatic rings. The fourth-order valence-corrected chi connectivity index (χ4v) is 17.6. The number of para-hydroxylation sites is 3. The number of rotatable bonds is 3. The van der Waals surface area contributed by atoms with Crippen LogP contribution < -0.4 is 19.1 Å². The lowest BCUT2D eigenvalue weighted by Gasteiger charge is -2.41. The second-order valence-corrected chi connectivity index (χ2v) is 27.9. The summed E-state index contributed by atoms with van der Waals surface area (Å²) >= 11 is 0. The van der Waals surface area contributed by atoms with Crippen LogP contribution in [0.4, 0.5) is 17.1 Å². The van der Waals surface area contributed by atoms with E-state index in [9.17, 15) is 0 Å². The second-order valence-electron chi connectivity index (χ2n) is 27.9. The number of benzene rings is 9. The van der Waals surface area contributed by atoms with Crippen molar-refractivity contribution in [3.8, 4) is 34.5 Å². The molecule has 18 rings (SSSR count). The van der Waals surface area contributed by atoms with Gasteiger partial charge in [0.05, 0.1) is 0 Å². The van der Waals surface area contributed by atoms with E-state index in [2.05, 4.69) is 252 Å². The zero-order valence-electron chi connectivity index (χ0n) is 48.8. The minimum absolute atomic E-state index is 0.384. The van der Waals surface area contributed by atoms with E-state index in [0.29, 0.717) is 0 Å². The maximum absolute atomic E-state index is 7.00. The van der Waals surface area contributed by atoms with Crippen LogP contribution in [0.15, 0.2) is 164 Å². The fraction of sp³-hybridized carbons (Fsp3) is 0.231. The van der Waals surface area contributed by atoms with Crippen molar-refractivity contribution in [3.63, 3.8) is 0 Å². The predicted octanol–water partition coefficient (Wildman–Crippen LogP) is 20.1. The SMILES string of the molecule is CC1(C)C2=C3c4c(cccc4C(C)(C)c4cc(N(c5cc6c7c(c5)C(C)(C)c5cccc8c5C7=C(c5ccccc5O8)C6(C)C)c5cc6c7c(c5)C(C)(C)c5cccc8c5C7=C(c5ccccc5O8)C6(C)C)cc1c43)Oc1ccccc12. The summed E-state index contributed by atoms with van der Waals surface area (Å²) < 4.78 is 21.0. The van der Waals surface area contributed by atoms with Gasteiger partial charge in [-0.15, -0.1) is 0 Å². The standard InChI is InChI=1S/C78H63NO3/c1-73(2)46-25-19-31-58-64(46)67-61-49(73)34-40(37-52(61)76(7,8)70(67)43-22-13-16-28-55(43)80-58)79(41-35-50-62-53(38-41)77(9,10)71-44-23-14-17-29-56(44)81-59-32-20-26-47(74(50,3)4)65(59)68(62)71)42-36-51-63-54(39-42)78(11,12)72-45-24-15-18-30-57(45)82-60-33-21-27-48(75(51,5)6)66(60)69(63)72/h13-39H,1-12H3. The largest absolute Gasteiger partial charge is 0.456 e. The Kier molecular flexibility index (Phi) is 8.34. The Morgan fingerprint density at radius 3 is 0.768 bits per heavy atom. The lowest BCUT2D eigenvalue weighted by Crippen LogP contribution is -2.30. The van der Waals surface area contributed by atoms with Crippen molar-refractivity contribution in [3.05, 3.63) is 264 Å². The lowest BCUT2D eigenvalue weighted by atomic mass is 9.66. The van der Waals surface area contributed by atoms with Crippen LogP contribution in [0.25, 0.3) is 33.4 Å². The normalized spacial score (nSPS) is 19.5. The zero-order valence-corrected chi connectivity index (χ0v) is 48.8. The smallest absolute Gasteiger partial charge is 0.135 e. The monoisotopic (exact) mass is 1060 g/mol. The lowest BCUT2D eigenvalue weighted by molar-refractivity contribution is 0.475. The van der Waals surface area contributed by atoms with Crippen LogP contribution >= 0.6 is 0 Å². The third-order valence-corrected chi connectivity index (χ3v) is 21.5. The highest BCUT2D eigenvalue weighted by Crippen LogP contribution is 2.69. The van der Waals surface area contributed by atoms with Gasteiger partial charge in [-0.3, -0.25) is 0 Å². The summed E-state index contributed by atoms with van der Waals surface area (Å²) in [7, 11) is 0. The van der Waals surface area contributed by atoms with Gasteiger partial charge in [0.15, 0.2) is 0 Å². The second kappa shape index (κ2) is 14.5. The minimum Gasteiger partial charge on any atom is -0.456 e. The van der Waals surface area contributed by atoms with Crippen molar-refractivity contribution >= 4 is 50.5 Å². The molecule has 0 fully saturated rings. The Hall–Kier alpha value is -8.60. The molecule has 0 saturated heterocycles. The van der Waals surface area contributed by atoms with E-state index in [1.807, 2.05) is 0 Å². The van der Waals surface area contributed by atoms with E-state index < -0.39 is 16.2 Å². The number of ether oxygens (including phenoxy) is 3. The molecule has 3 heterocycles. The molecule has 0 bridgehead atoms. The van der Waals surface area contributed by atoms with Crippen LogP contribution in [0.3, 0.4) is 0 Å². The molecule has 0 unspecified atom stereocenters. The van der Waals surface area contributed by atoms with Crippen molar-refractivity contribution in [2.24, 2.45) is 0 Å². The quantitative estimate of drug-likeness (QED) is 0.176. The van der Waals surface area contributed by atoms with Gasteiger partial charge in [-0.1, -0.05) is 174 Å². The number of fused-ring (bicyclic) bond motifs is 6. The minimum atomic E-state index is -0.395. The van der Waals surface area contributed by atoms with E-state index in [-0.39, 0.29) is 16.2 Å². The fourth-order valence-electron chi connectivity index (χ4n) is 17.6. The van der Waals surface area contributed by atoms with Gasteiger partial charge >= 0.3 is 0 Å². The number of anilines is 3. The van der Waals surface area contributed by atoms with Gasteiger partial charge in [-0.25, -0.2) is 0 Å². The first-order valence-corrected chi connectivity index (χ1v) is 29.6. The molecule has 4 heteroatoms. The Labute approximate surface area is 481 Å². The van der Waals surface area contributed by atoms with E-state index in [1.54, 1.807) is 0 Å². The van der Waals surface area contributed by atoms with Gasteiger partial charge in [-0.2, -0.15) is 0 Å². The van der Waals surface area contributed by atoms with Crippen LogP contribution in [0.2, 0.25) is 0 Å². The number of nitrogens with zero attached hydrogens (tertiary/aromatic N) is 1. The summed E-state index contributed by atoms with van der Waals surface area (Å²) in [6.45, 7) is 29.4. The zero-order chi connectivity index (χ0) is 55.8. The van der Waals surface area contributed by atoms with Gasteiger partial charge in [0.25, 0.3) is 0 Å². The first-order chi connectivity index (χ1) is 39.2. The molecule has 0 amide bonds. The summed E-state index contributed by atoms with van der Waals surface area (Å²) in [5.74, 6) is 5.53. The molecule has 3 aliphatic heterocycles. The summed E-state index contributed by atoms with van der Waals surface area (Å²) in [4.78, 5) is 2.69. The molecular formula is C78H63NO3. The van der Waals surface area contributed by atoms with Crippen molar-refractivity contribution in [1.29, 1.82) is 0 Å². The maximum atomic E-state index is 7.00. The molecule has 0 N–H and O–H groups in total. The van der Waals surface area contributed by atoms with Crippen LogP contribution in [0.5, 0.6) is 34.5 Å². The van der Waals surface area contributed by atoms with Gasteiger partial charge in [-0.05, 0) is 173 Å². The highest BCUT2D eigenvalue weighted by molar-refractivity contribution is 6.16. The van der Waals surface area contributed by atoms with E-state index in [1.165, 1.54) is 134 Å². The molecule has 9 aliphatic rings. The molecule has 0 aromatic heterocycles. The van der Waals surface area contributed by atoms with Gasteiger partial charge in [0, 0.05) is 82.9 Å². The first kappa shape index (κ1) is 47.1. The topological polar surface area (TPSA) is 30.9 Å². The molecule has 0 spiro atoms. The third-order valence-electron chi connectivity index (χ3n) is 21.5. The van der Waals surface area contributed by atoms with E-state index in [0.717, 1.165) is 51.6 Å². The number of allylic oxidation sites excluding steroid dienone is 3. The van der Waals surface area contributed by atoms with Crippen molar-refractivity contribution in [2.75, 3.05) is 4.90 Å². The molecule has 398 valence electrons. The Morgan fingerprint density at radius 1 is 0.244 bits per heavy atom. The summed E-state index contributed by atoms with van der Waals surface area (Å²) in [6, 6.07) is 62.0. The third kappa shape index (κ3) is 5.30. The first-order valence-electron chi connectivity index (χ1n) is 29.6. The summed E-state index contributed by atoms with van der Waals surface area (Å²) in [5.41, 5.74) is 32.4. The van der Waals surface area contributed by atoms with Crippen LogP contribution in [0.1, 0.15) is 183 Å². The average Bonchev–Trinajstić information content (AvgIpc) is 1.63. The molecule has 4 nitrogen and oxygen atoms in total. The number of hydrogen-bond acceptors (Lipinski definition) is 4. The van der Waals surface area contributed by atoms with Crippen LogP contribution in [-0.4, -0.2) is 0 Å². The highest BCUT2D eigenvalue weighted by Gasteiger charge is 2.54. The summed E-state index contributed by atoms with van der Waals surface area (Å²) in [6.07, 6.45) is 0. The van der Waals surface area contributed by atoms with Crippen LogP contribution in [0, 0.1) is 0 Å². The van der Waals surface area contributed by atoms with Gasteiger partial charge in [0.2, 0.25) is 0 Å². The average molecular weight is 1060 g/mol. The number of hydrogen-bond donors (Lipinski definition) is 0. The van der Waals surface area contributed by atoms with E-state index >= 15 is 0 Å². The molecule has 0 saturated carbocycles. The molecule has 0 radical (unpaired) electrons. The van der Waals surface area contributed by atoms with Gasteiger partial charge < -0.3 is 19.1 Å². The highest BCUT2D eigenvalue weighted by atomic mass is 16.5. The van der Waals surface area contributed by atoms with Crippen LogP contribution in [-0.2, 0) is 32.5 Å². The van der Waals surface area contributed by atoms with Crippen molar-refractivity contribution < 1.29 is 14.2 Å². The molecule has 6 aliphatic carbocycles. The van der Waals surface area contributed by atoms with Crippen molar-refractivity contribution in [2.45, 2.75) is 116 Å². The Morgan fingerprint density at radius 2 is 0.488 bits per heavy atom. The summed E-state index contributed by atoms with van der Waals surface area (Å²) in [5, 5.41) is 0. The molecule has 0 atom stereocenters. The van der Waals surface area contributed by atoms with E-state index in [4.69, 9.17) is 14.2 Å². The molecular weight excluding hydrogens is 999 g/mol. The molecule has 9 aromatic carbocycles. The Balaban J connectivity index is 0.958. The Bertz CT molecular complexity index is 4240. The van der Waals surface area contributed by atoms with Crippen molar-refractivity contribution in [1.82, 2.24) is 0 Å². The molecule has 82 heavy (non-hydrogen) atoms.